The Labute approximate surface area is 91.6 Å². The maximum atomic E-state index is 14.2. The van der Waals surface area contributed by atoms with Crippen molar-refractivity contribution in [2.75, 3.05) is 6.61 Å². The molecule has 88 valence electrons. The average Bonchev–Trinajstić information content (AvgIpc) is 2.36. The van der Waals surface area contributed by atoms with E-state index in [0.717, 1.165) is 6.92 Å². The number of alkyl halides is 1. The van der Waals surface area contributed by atoms with Crippen LogP contribution in [0, 0.1) is 0 Å². The van der Waals surface area contributed by atoms with Gasteiger partial charge in [0.1, 0.15) is 19.6 Å². The van der Waals surface area contributed by atoms with Gasteiger partial charge in [0.05, 0.1) is 12.6 Å². The number of hydrogen-bond donors (Lipinski definition) is 2. The third-order valence-electron chi connectivity index (χ3n) is 2.68. The first-order valence-electron chi connectivity index (χ1n) is 4.47. The van der Waals surface area contributed by atoms with E-state index in [-0.39, 0.29) is 0 Å². The van der Waals surface area contributed by atoms with Crippen LogP contribution < -0.4 is 0 Å². The predicted octanol–water partition coefficient (Wildman–Crippen LogP) is 0.267. The van der Waals surface area contributed by atoms with Gasteiger partial charge in [-0.2, -0.15) is 8.78 Å². The zero-order valence-corrected chi connectivity index (χ0v) is 8.45. The number of hydrogen-bond acceptors (Lipinski definition) is 3. The fraction of sp³-hybridized carbons (Fsp3) is 0.667. The zero-order valence-electron chi connectivity index (χ0n) is 8.45. The van der Waals surface area contributed by atoms with Crippen LogP contribution in [0.2, 0.25) is 0 Å². The summed E-state index contributed by atoms with van der Waals surface area (Å²) in [6, 6.07) is -1.65. The van der Waals surface area contributed by atoms with Crippen LogP contribution in [0.3, 0.4) is 0 Å². The molecule has 1 aliphatic heterocycles. The third-order valence-corrected chi connectivity index (χ3v) is 2.68. The van der Waals surface area contributed by atoms with Gasteiger partial charge < -0.3 is 14.9 Å². The van der Waals surface area contributed by atoms with E-state index in [0.29, 0.717) is 6.08 Å². The molecule has 1 saturated heterocycles. The van der Waals surface area contributed by atoms with Crippen molar-refractivity contribution in [2.45, 2.75) is 30.3 Å². The molecule has 3 nitrogen and oxygen atoms in total. The van der Waals surface area contributed by atoms with Gasteiger partial charge in [-0.05, 0) is 6.92 Å². The molecule has 1 aliphatic rings. The van der Waals surface area contributed by atoms with Gasteiger partial charge in [-0.1, -0.05) is 5.73 Å². The van der Waals surface area contributed by atoms with Gasteiger partial charge in [-0.15, -0.1) is 0 Å². The molecule has 0 amide bonds. The van der Waals surface area contributed by atoms with E-state index in [2.05, 4.69) is 0 Å². The molecule has 0 saturated carbocycles. The first kappa shape index (κ1) is 13.3. The van der Waals surface area contributed by atoms with E-state index in [1.54, 1.807) is 0 Å². The van der Waals surface area contributed by atoms with Crippen LogP contribution in [0.1, 0.15) is 6.92 Å². The predicted molar refractivity (Wildman–Crippen MR) is 49.8 cm³/mol. The van der Waals surface area contributed by atoms with E-state index in [4.69, 9.17) is 17.7 Å². The Morgan fingerprint density at radius 1 is 1.62 bits per heavy atom. The maximum absolute atomic E-state index is 14.2. The number of aliphatic hydroxyl groups is 2. The van der Waals surface area contributed by atoms with E-state index in [9.17, 15) is 18.3 Å². The molecule has 1 unspecified atom stereocenters. The summed E-state index contributed by atoms with van der Waals surface area (Å²) in [6.07, 6.45) is -3.21. The smallest absolute Gasteiger partial charge is 0.312 e. The highest BCUT2D eigenvalue weighted by Gasteiger charge is 2.61. The van der Waals surface area contributed by atoms with Crippen molar-refractivity contribution in [3.05, 3.63) is 17.9 Å². The van der Waals surface area contributed by atoms with Gasteiger partial charge in [0.25, 0.3) is 0 Å². The molecule has 0 bridgehead atoms. The summed E-state index contributed by atoms with van der Waals surface area (Å²) in [6.45, 7) is 0.330. The van der Waals surface area contributed by atoms with E-state index in [1.807, 2.05) is 0 Å². The lowest BCUT2D eigenvalue weighted by atomic mass is 9.74. The molecule has 16 heavy (non-hydrogen) atoms. The van der Waals surface area contributed by atoms with E-state index in [1.165, 1.54) is 5.73 Å². The molecular weight excluding hydrogens is 224 g/mol. The first-order chi connectivity index (χ1) is 7.25. The lowest BCUT2D eigenvalue weighted by molar-refractivity contribution is -0.0807. The summed E-state index contributed by atoms with van der Waals surface area (Å²) in [4.78, 5) is 0. The third kappa shape index (κ3) is 1.91. The van der Waals surface area contributed by atoms with Gasteiger partial charge in [0.15, 0.2) is 5.67 Å². The second-order valence-electron chi connectivity index (χ2n) is 3.69. The summed E-state index contributed by atoms with van der Waals surface area (Å²) in [5, 5.41) is 18.6. The highest BCUT2D eigenvalue weighted by atomic mass is 19.3. The first-order valence-corrected chi connectivity index (χ1v) is 4.47. The van der Waals surface area contributed by atoms with Gasteiger partial charge in [0.2, 0.25) is 0 Å². The number of aliphatic hydroxyl groups excluding tert-OH is 1. The Balaban J connectivity index is 3.16. The second-order valence-corrected chi connectivity index (χ2v) is 3.69. The van der Waals surface area contributed by atoms with Gasteiger partial charge in [-0.25, -0.2) is 4.39 Å². The maximum Gasteiger partial charge on any atom is 0.312 e. The second kappa shape index (κ2) is 4.26. The SMILES string of the molecule is [B][C@@H]1O[C@H](CO)[C@](C)(O)C1(F)C=C=C(F)F. The molecule has 0 aromatic heterocycles. The molecule has 1 fully saturated rings. The van der Waals surface area contributed by atoms with Gasteiger partial charge in [-0.3, -0.25) is 0 Å². The highest BCUT2D eigenvalue weighted by molar-refractivity contribution is 6.12. The quantitative estimate of drug-likeness (QED) is 0.532. The Morgan fingerprint density at radius 3 is 2.56 bits per heavy atom. The largest absolute Gasteiger partial charge is 0.394 e. The summed E-state index contributed by atoms with van der Waals surface area (Å²) in [5.74, 6) is 0. The lowest BCUT2D eigenvalue weighted by Crippen LogP contribution is -2.53. The molecular formula is C9H10BF3O3. The van der Waals surface area contributed by atoms with E-state index >= 15 is 0 Å². The van der Waals surface area contributed by atoms with Crippen LogP contribution in [-0.2, 0) is 4.74 Å². The van der Waals surface area contributed by atoms with Crippen LogP contribution in [0.15, 0.2) is 17.9 Å². The molecule has 2 radical (unpaired) electrons. The van der Waals surface area contributed by atoms with Crippen LogP contribution in [0.5, 0.6) is 0 Å². The van der Waals surface area contributed by atoms with Crippen molar-refractivity contribution >= 4 is 7.85 Å². The molecule has 0 aromatic carbocycles. The van der Waals surface area contributed by atoms with Crippen molar-refractivity contribution in [3.8, 4) is 0 Å². The van der Waals surface area contributed by atoms with Crippen LogP contribution in [-0.4, -0.2) is 48.0 Å². The molecule has 7 heteroatoms. The minimum Gasteiger partial charge on any atom is -0.394 e. The van der Waals surface area contributed by atoms with Gasteiger partial charge >= 0.3 is 6.08 Å². The van der Waals surface area contributed by atoms with Gasteiger partial charge in [0, 0.05) is 6.08 Å². The molecule has 0 aromatic rings. The van der Waals surface area contributed by atoms with Crippen molar-refractivity contribution in [1.82, 2.24) is 0 Å². The fourth-order valence-corrected chi connectivity index (χ4v) is 1.55. The van der Waals surface area contributed by atoms with E-state index < -0.39 is 36.1 Å². The molecule has 2 N–H and O–H groups in total. The van der Waals surface area contributed by atoms with Crippen LogP contribution in [0.4, 0.5) is 13.2 Å². The Bertz CT molecular complexity index is 337. The van der Waals surface area contributed by atoms with Crippen molar-refractivity contribution in [3.63, 3.8) is 0 Å². The monoisotopic (exact) mass is 234 g/mol. The van der Waals surface area contributed by atoms with Crippen molar-refractivity contribution in [1.29, 1.82) is 0 Å². The highest BCUT2D eigenvalue weighted by Crippen LogP contribution is 2.42. The van der Waals surface area contributed by atoms with Crippen LogP contribution >= 0.6 is 0 Å². The number of ether oxygens (including phenoxy) is 1. The Morgan fingerprint density at radius 2 is 2.19 bits per heavy atom. The Hall–Kier alpha value is -0.745. The normalized spacial score (nSPS) is 42.9. The van der Waals surface area contributed by atoms with Crippen molar-refractivity contribution in [2.24, 2.45) is 0 Å². The summed E-state index contributed by atoms with van der Waals surface area (Å²) >= 11 is 0. The number of halogens is 3. The lowest BCUT2D eigenvalue weighted by Gasteiger charge is -2.32. The molecule has 4 atom stereocenters. The molecule has 1 heterocycles. The Kier molecular flexibility index (Phi) is 3.54. The minimum absolute atomic E-state index is 0.322. The van der Waals surface area contributed by atoms with Crippen molar-refractivity contribution < 1.29 is 28.1 Å². The molecule has 0 spiro atoms. The summed E-state index contributed by atoms with van der Waals surface area (Å²) in [5.41, 5.74) is -3.60. The minimum atomic E-state index is -2.73. The topological polar surface area (TPSA) is 49.7 Å². The zero-order chi connectivity index (χ0) is 12.6. The average molecular weight is 234 g/mol. The fourth-order valence-electron chi connectivity index (χ4n) is 1.55. The summed E-state index contributed by atoms with van der Waals surface area (Å²) < 4.78 is 42.6. The standard InChI is InChI=1S/C9H10BF3O3/c1-8(15)5(4-14)16-7(10)9(8,13)3-2-6(11)12/h3,5,7,14-15H,4H2,1H3/t5-,7-,8+,9?/m1/s1. The summed E-state index contributed by atoms with van der Waals surface area (Å²) in [7, 11) is 5.25. The number of rotatable bonds is 2. The molecule has 1 rings (SSSR count). The van der Waals surface area contributed by atoms with Crippen LogP contribution in [0.25, 0.3) is 0 Å². The molecule has 0 aliphatic carbocycles.